The van der Waals surface area contributed by atoms with Crippen molar-refractivity contribution in [2.24, 2.45) is 5.92 Å². The Morgan fingerprint density at radius 3 is 1.75 bits per heavy atom. The molecule has 125 heavy (non-hydrogen) atoms. The van der Waals surface area contributed by atoms with Crippen LogP contribution in [0.5, 0.6) is 69.0 Å². The molecule has 38 nitrogen and oxygen atoms in total. The normalized spacial score (nSPS) is 26.8. The van der Waals surface area contributed by atoms with Gasteiger partial charge in [-0.2, -0.15) is 0 Å². The fourth-order valence-electron chi connectivity index (χ4n) is 15.3. The van der Waals surface area contributed by atoms with Crippen molar-refractivity contribution < 1.29 is 148 Å². The van der Waals surface area contributed by atoms with E-state index in [1.165, 1.54) is 19.2 Å². The van der Waals surface area contributed by atoms with Crippen LogP contribution in [0.15, 0.2) is 103 Å². The van der Waals surface area contributed by atoms with E-state index in [0.29, 0.717) is 18.8 Å². The molecule has 7 amide bonds. The molecule has 42 heteroatoms. The second kappa shape index (κ2) is 38.3. The monoisotopic (exact) mass is 1810 g/mol. The van der Waals surface area contributed by atoms with Crippen molar-refractivity contribution in [2.45, 2.75) is 181 Å². The number of nitrogens with one attached hydrogen (secondary N) is 8. The van der Waals surface area contributed by atoms with Gasteiger partial charge in [0.25, 0.3) is 0 Å². The molecule has 8 heterocycles. The van der Waals surface area contributed by atoms with Crippen molar-refractivity contribution in [3.63, 3.8) is 0 Å². The molecule has 15 rings (SSSR count). The molecule has 17 bridgehead atoms. The number of carboxylic acid groups (broad SMARTS) is 2. The number of aromatic hydroxyl groups is 4. The summed E-state index contributed by atoms with van der Waals surface area (Å²) in [6, 6.07) is -1.38. The highest BCUT2D eigenvalue weighted by Crippen LogP contribution is 2.52. The number of rotatable bonds is 18. The van der Waals surface area contributed by atoms with Gasteiger partial charge in [-0.15, -0.1) is 0 Å². The number of amides is 7. The maximum absolute atomic E-state index is 16.7. The molecule has 8 aliphatic rings. The molecule has 2 fully saturated rings. The lowest BCUT2D eigenvalue weighted by molar-refractivity contribution is -0.277. The van der Waals surface area contributed by atoms with Gasteiger partial charge < -0.3 is 147 Å². The number of carbonyl (C=O) groups is 9. The number of benzene rings is 7. The van der Waals surface area contributed by atoms with Crippen molar-refractivity contribution in [2.75, 3.05) is 13.7 Å². The molecular formula is C83H86Cl4N8O30. The number of hydrogen-bond acceptors (Lipinski definition) is 29. The van der Waals surface area contributed by atoms with E-state index in [2.05, 4.69) is 56.4 Å². The zero-order valence-electron chi connectivity index (χ0n) is 66.0. The Bertz CT molecular complexity index is 5360. The molecule has 666 valence electrons. The minimum absolute atomic E-state index is 0.0708. The second-order valence-electron chi connectivity index (χ2n) is 30.9. The SMILES string of the molecule is CN[C@H]1C(=O)N[C@H]2C(=O)N[C@H](C(=O)N[C@H]3C(=O)N[C@H]4C(=O)N[C@H](C(=O)N[C@H](C(=O)O)c5cc(O)cc(O[C@H]6O[C@H](CO)[C@@H](O)[C@H](O)[C@@H]6O)c5-c5cc4ccc5O)[C@H](O)c4cc(Cl)c(c(Cl)c4)Oc4cc3cc(c4O[C@@H]3O[C@H](C(=O)O)[C@@H](O)[C@H](O)[C@H]3NC(=O)CCCCCCCCC(C)C)Oc3ccc(cc3Cl)[C@H]2O)c2cc(cc(O)c2Cl)Oc2cc1ccc2O. The summed E-state index contributed by atoms with van der Waals surface area (Å²) >= 11 is 28.5. The summed E-state index contributed by atoms with van der Waals surface area (Å²) < 4.78 is 43.8. The molecule has 0 spiro atoms. The topological polar surface area (TPSA) is 598 Å². The number of hydrogen-bond donors (Lipinski definition) is 22. The van der Waals surface area contributed by atoms with Crippen LogP contribution in [0.3, 0.4) is 0 Å². The molecule has 19 atom stereocenters. The van der Waals surface area contributed by atoms with E-state index in [1.54, 1.807) is 0 Å². The minimum Gasteiger partial charge on any atom is -0.508 e. The minimum atomic E-state index is -2.59. The van der Waals surface area contributed by atoms with Crippen molar-refractivity contribution in [1.29, 1.82) is 0 Å². The van der Waals surface area contributed by atoms with E-state index in [-0.39, 0.29) is 17.5 Å². The standard InChI is InChI=1S/C83H86Cl4N8O30/c1-30(2)10-8-6-4-5-7-9-11-53(101)89-63-67(105)69(107)73(81(117)118)125-82(63)124-72-50-23-34-24-51(72)121-71-42(85)20-35(21-43(71)86)65(103)62-79(114)93-60(80(115)116)39-25-36(97)26-49(122-83-70(108)68(106)66(104)52(29-96)123-83)54(39)38-18-31(12-15-44(38)98)57(75(110)95-62)90-76(111)58(34)91-77(112)59-40-27-37(28-46(100)55(40)87)119-48-22-32(13-16-45(48)99)56(88-3)74(109)94-61(78(113)92-59)64(102)33-14-17-47(120-50)41(84)19-33/h12-28,30,52,56-70,73,82-83,88,96-100,102-108H,4-11,29H2,1-3H3,(H,89,101)(H,90,111)(H,91,112)(H,92,113)(H,93,114)(H,94,109)(H,95,110)(H,115,116)(H,117,118)/t52-,56-,57-,58-,59+,60+,61-,62+,63-,64-,65-,66-,67-,68+,69+,70+,73+,82-,83+/m1/s1. The van der Waals surface area contributed by atoms with Gasteiger partial charge in [0.15, 0.2) is 40.9 Å². The Balaban J connectivity index is 1.06. The van der Waals surface area contributed by atoms with Crippen LogP contribution >= 0.6 is 46.4 Å². The Labute approximate surface area is 729 Å². The zero-order chi connectivity index (χ0) is 90.2. The van der Waals surface area contributed by atoms with Crippen molar-refractivity contribution >= 4 is 99.7 Å². The first kappa shape index (κ1) is 91.4. The number of aliphatic hydroxyl groups excluding tert-OH is 8. The third-order valence-electron chi connectivity index (χ3n) is 21.9. The summed E-state index contributed by atoms with van der Waals surface area (Å²) in [6.07, 6.45) is -19.0. The Morgan fingerprint density at radius 1 is 0.496 bits per heavy atom. The van der Waals surface area contributed by atoms with Crippen molar-refractivity contribution in [3.8, 4) is 80.1 Å². The van der Waals surface area contributed by atoms with E-state index in [0.717, 1.165) is 123 Å². The second-order valence-corrected chi connectivity index (χ2v) is 32.5. The molecule has 8 aliphatic heterocycles. The number of aliphatic carboxylic acids is 2. The first-order valence-electron chi connectivity index (χ1n) is 39.2. The van der Waals surface area contributed by atoms with Gasteiger partial charge in [-0.05, 0) is 120 Å². The number of carbonyl (C=O) groups excluding carboxylic acids is 7. The Morgan fingerprint density at radius 2 is 1.09 bits per heavy atom. The summed E-state index contributed by atoms with van der Waals surface area (Å²) in [5.74, 6) is -21.5. The number of phenols is 4. The average Bonchev–Trinajstić information content (AvgIpc) is 0.755. The third kappa shape index (κ3) is 19.4. The van der Waals surface area contributed by atoms with Gasteiger partial charge in [-0.25, -0.2) is 9.59 Å². The number of ether oxygens (including phenoxy) is 7. The number of halogens is 4. The van der Waals surface area contributed by atoms with Gasteiger partial charge in [-0.1, -0.05) is 117 Å². The summed E-state index contributed by atoms with van der Waals surface area (Å²) in [5.41, 5.74) is -4.54. The summed E-state index contributed by atoms with van der Waals surface area (Å²) in [7, 11) is 1.34. The van der Waals surface area contributed by atoms with E-state index in [9.17, 15) is 90.7 Å². The van der Waals surface area contributed by atoms with Crippen molar-refractivity contribution in [3.05, 3.63) is 162 Å². The molecule has 0 unspecified atom stereocenters. The van der Waals surface area contributed by atoms with E-state index in [1.807, 2.05) is 0 Å². The van der Waals surface area contributed by atoms with Crippen LogP contribution in [0.2, 0.25) is 20.1 Å². The predicted molar refractivity (Wildman–Crippen MR) is 435 cm³/mol. The molecule has 7 aromatic carbocycles. The molecule has 0 radical (unpaired) electrons. The Hall–Kier alpha value is -11.3. The van der Waals surface area contributed by atoms with Crippen LogP contribution < -0.4 is 66.2 Å². The number of fused-ring (bicyclic) bond motifs is 14. The molecule has 22 N–H and O–H groups in total. The third-order valence-corrected chi connectivity index (χ3v) is 23.2. The van der Waals surface area contributed by atoms with Crippen molar-refractivity contribution in [1.82, 2.24) is 42.5 Å². The average molecular weight is 1820 g/mol. The van der Waals surface area contributed by atoms with Crippen LogP contribution in [-0.2, 0) is 52.6 Å². The van der Waals surface area contributed by atoms with E-state index >= 15 is 24.0 Å². The summed E-state index contributed by atoms with van der Waals surface area (Å²) in [5, 5.41) is 178. The highest BCUT2D eigenvalue weighted by Gasteiger charge is 2.52. The first-order valence-corrected chi connectivity index (χ1v) is 40.7. The maximum Gasteiger partial charge on any atom is 0.335 e. The molecule has 0 aromatic heterocycles. The number of carboxylic acids is 2. The van der Waals surface area contributed by atoms with Crippen LogP contribution in [0.4, 0.5) is 0 Å². The molecule has 7 aromatic rings. The summed E-state index contributed by atoms with van der Waals surface area (Å²) in [6.45, 7) is 3.21. The fourth-order valence-corrected chi connectivity index (χ4v) is 16.4. The summed E-state index contributed by atoms with van der Waals surface area (Å²) in [4.78, 5) is 136. The number of aliphatic hydroxyl groups is 8. The number of unbranched alkanes of at least 4 members (excludes halogenated alkanes) is 5. The first-order chi connectivity index (χ1) is 59.4. The molecular weight excluding hydrogens is 1730 g/mol. The lowest BCUT2D eigenvalue weighted by atomic mass is 9.89. The van der Waals surface area contributed by atoms with Gasteiger partial charge in [0.1, 0.15) is 126 Å². The lowest BCUT2D eigenvalue weighted by Crippen LogP contribution is -2.66. The lowest BCUT2D eigenvalue weighted by Gasteiger charge is -2.41. The van der Waals surface area contributed by atoms with Gasteiger partial charge in [0.05, 0.1) is 26.7 Å². The van der Waals surface area contributed by atoms with Crippen LogP contribution in [0.1, 0.15) is 147 Å². The van der Waals surface area contributed by atoms with Gasteiger partial charge in [0, 0.05) is 40.8 Å². The number of likely N-dealkylation sites (N-methyl/N-ethyl adjacent to an activating group) is 1. The molecule has 0 aliphatic carbocycles. The van der Waals surface area contributed by atoms with Crippen LogP contribution in [-0.4, -0.2) is 212 Å². The quantitative estimate of drug-likeness (QED) is 0.0503. The zero-order valence-corrected chi connectivity index (χ0v) is 69.1. The number of phenolic OH excluding ortho intramolecular Hbond substituents is 4. The molecule has 2 saturated heterocycles. The van der Waals surface area contributed by atoms with Crippen LogP contribution in [0, 0.1) is 5.92 Å². The molecule has 0 saturated carbocycles. The van der Waals surface area contributed by atoms with Gasteiger partial charge >= 0.3 is 11.9 Å². The van der Waals surface area contributed by atoms with Gasteiger partial charge in [-0.3, -0.25) is 33.6 Å². The predicted octanol–water partition coefficient (Wildman–Crippen LogP) is 4.98. The van der Waals surface area contributed by atoms with Crippen LogP contribution in [0.25, 0.3) is 11.1 Å². The van der Waals surface area contributed by atoms with E-state index in [4.69, 9.17) is 79.6 Å². The van der Waals surface area contributed by atoms with Gasteiger partial charge in [0.2, 0.25) is 59.7 Å². The van der Waals surface area contributed by atoms with E-state index < -0.39 is 304 Å². The Kier molecular flexibility index (Phi) is 28.0. The smallest absolute Gasteiger partial charge is 0.335 e. The fraction of sp³-hybridized carbons (Fsp3) is 0.386. The highest BCUT2D eigenvalue weighted by atomic mass is 35.5. The highest BCUT2D eigenvalue weighted by molar-refractivity contribution is 6.37. The largest absolute Gasteiger partial charge is 0.508 e. The maximum atomic E-state index is 16.7.